The largest absolute Gasteiger partial charge is 0.494 e. The summed E-state index contributed by atoms with van der Waals surface area (Å²) in [4.78, 5) is 18.4. The first-order valence-corrected chi connectivity index (χ1v) is 6.92. The maximum absolute atomic E-state index is 10.8. The van der Waals surface area contributed by atoms with Crippen LogP contribution >= 0.6 is 0 Å². The number of benzene rings is 2. The predicted molar refractivity (Wildman–Crippen MR) is 86.1 cm³/mol. The van der Waals surface area contributed by atoms with Gasteiger partial charge in [-0.05, 0) is 30.3 Å². The lowest BCUT2D eigenvalue weighted by Gasteiger charge is -2.03. The molecule has 0 aliphatic heterocycles. The number of aromatic nitrogens is 2. The van der Waals surface area contributed by atoms with Crippen LogP contribution in [0.1, 0.15) is 10.4 Å². The fraction of sp³-hybridized carbons (Fsp3) is 0. The van der Waals surface area contributed by atoms with Crippen LogP contribution in [0.3, 0.4) is 0 Å². The van der Waals surface area contributed by atoms with Crippen molar-refractivity contribution in [1.29, 1.82) is 0 Å². The minimum atomic E-state index is 0.109. The zero-order valence-corrected chi connectivity index (χ0v) is 11.6. The number of H-pyrrole nitrogens is 1. The molecular formula is C18H12N2O2. The van der Waals surface area contributed by atoms with Crippen LogP contribution in [-0.4, -0.2) is 21.4 Å². The molecule has 0 spiro atoms. The summed E-state index contributed by atoms with van der Waals surface area (Å²) >= 11 is 0. The number of para-hydroxylation sites is 1. The number of fused-ring (bicyclic) bond motifs is 2. The van der Waals surface area contributed by atoms with Gasteiger partial charge in [0.25, 0.3) is 0 Å². The summed E-state index contributed by atoms with van der Waals surface area (Å²) in [5, 5.41) is 12.0. The molecule has 4 nitrogen and oxygen atoms in total. The number of pyridine rings is 1. The summed E-state index contributed by atoms with van der Waals surface area (Å²) in [5.41, 5.74) is 3.66. The molecule has 0 saturated heterocycles. The van der Waals surface area contributed by atoms with E-state index in [0.29, 0.717) is 16.8 Å². The minimum Gasteiger partial charge on any atom is -0.494 e. The summed E-state index contributed by atoms with van der Waals surface area (Å²) in [7, 11) is 0. The van der Waals surface area contributed by atoms with Crippen LogP contribution in [0.15, 0.2) is 54.6 Å². The standard InChI is InChI=1S/C18H12N2O2/c21-10-11-5-7-14-12(9-11)6-8-16(19-14)17-13-3-1-2-4-15(13)20-18(17)22/h1-10,20,22H. The third kappa shape index (κ3) is 1.85. The molecule has 106 valence electrons. The van der Waals surface area contributed by atoms with Gasteiger partial charge >= 0.3 is 0 Å². The number of aldehydes is 1. The average Bonchev–Trinajstić information content (AvgIpc) is 2.89. The molecule has 0 aliphatic rings. The van der Waals surface area contributed by atoms with E-state index in [1.165, 1.54) is 0 Å². The Bertz CT molecular complexity index is 1020. The minimum absolute atomic E-state index is 0.109. The Morgan fingerprint density at radius 3 is 2.77 bits per heavy atom. The highest BCUT2D eigenvalue weighted by Gasteiger charge is 2.14. The number of nitrogens with one attached hydrogen (secondary N) is 1. The van der Waals surface area contributed by atoms with Crippen LogP contribution in [0.4, 0.5) is 0 Å². The fourth-order valence-corrected chi connectivity index (χ4v) is 2.74. The molecular weight excluding hydrogens is 276 g/mol. The number of carbonyl (C=O) groups is 1. The monoisotopic (exact) mass is 288 g/mol. The van der Waals surface area contributed by atoms with Crippen LogP contribution in [0.5, 0.6) is 5.88 Å². The van der Waals surface area contributed by atoms with Crippen molar-refractivity contribution in [1.82, 2.24) is 9.97 Å². The van der Waals surface area contributed by atoms with E-state index in [0.717, 1.165) is 28.1 Å². The number of hydrogen-bond acceptors (Lipinski definition) is 3. The summed E-state index contributed by atoms with van der Waals surface area (Å²) < 4.78 is 0. The number of nitrogens with zero attached hydrogens (tertiary/aromatic N) is 1. The molecule has 22 heavy (non-hydrogen) atoms. The van der Waals surface area contributed by atoms with Gasteiger partial charge in [-0.2, -0.15) is 0 Å². The maximum atomic E-state index is 10.8. The summed E-state index contributed by atoms with van der Waals surface area (Å²) in [6.45, 7) is 0. The molecule has 0 radical (unpaired) electrons. The highest BCUT2D eigenvalue weighted by atomic mass is 16.3. The number of rotatable bonds is 2. The van der Waals surface area contributed by atoms with Crippen molar-refractivity contribution < 1.29 is 9.90 Å². The lowest BCUT2D eigenvalue weighted by atomic mass is 10.1. The molecule has 2 aromatic carbocycles. The van der Waals surface area contributed by atoms with Gasteiger partial charge in [0.15, 0.2) is 5.88 Å². The van der Waals surface area contributed by atoms with Crippen molar-refractivity contribution in [2.45, 2.75) is 0 Å². The van der Waals surface area contributed by atoms with E-state index in [1.807, 2.05) is 42.5 Å². The Balaban J connectivity index is 1.96. The smallest absolute Gasteiger partial charge is 0.199 e. The van der Waals surface area contributed by atoms with E-state index in [1.54, 1.807) is 12.1 Å². The number of carbonyl (C=O) groups excluding carboxylic acids is 1. The van der Waals surface area contributed by atoms with Crippen molar-refractivity contribution >= 4 is 28.1 Å². The van der Waals surface area contributed by atoms with Crippen molar-refractivity contribution in [2.75, 3.05) is 0 Å². The molecule has 4 aromatic rings. The van der Waals surface area contributed by atoms with Crippen LogP contribution in [0.2, 0.25) is 0 Å². The second kappa shape index (κ2) is 4.70. The molecule has 0 aliphatic carbocycles. The zero-order valence-electron chi connectivity index (χ0n) is 11.6. The van der Waals surface area contributed by atoms with Crippen LogP contribution < -0.4 is 0 Å². The fourth-order valence-electron chi connectivity index (χ4n) is 2.74. The molecule has 0 atom stereocenters. The molecule has 0 saturated carbocycles. The van der Waals surface area contributed by atoms with Gasteiger partial charge in [0.05, 0.1) is 16.8 Å². The van der Waals surface area contributed by atoms with Gasteiger partial charge in [-0.1, -0.05) is 24.3 Å². The quantitative estimate of drug-likeness (QED) is 0.550. The Kier molecular flexibility index (Phi) is 2.69. The zero-order chi connectivity index (χ0) is 15.1. The molecule has 2 heterocycles. The highest BCUT2D eigenvalue weighted by Crippen LogP contribution is 2.36. The lowest BCUT2D eigenvalue weighted by molar-refractivity contribution is 0.112. The van der Waals surface area contributed by atoms with Crippen LogP contribution in [-0.2, 0) is 0 Å². The van der Waals surface area contributed by atoms with E-state index in [4.69, 9.17) is 0 Å². The van der Waals surface area contributed by atoms with E-state index in [9.17, 15) is 9.90 Å². The summed E-state index contributed by atoms with van der Waals surface area (Å²) in [5.74, 6) is 0.109. The Morgan fingerprint density at radius 2 is 1.91 bits per heavy atom. The first-order valence-electron chi connectivity index (χ1n) is 6.92. The number of hydrogen-bond donors (Lipinski definition) is 2. The molecule has 4 heteroatoms. The SMILES string of the molecule is O=Cc1ccc2nc(-c3c(O)[nH]c4ccccc34)ccc2c1. The third-order valence-electron chi connectivity index (χ3n) is 3.79. The van der Waals surface area contributed by atoms with Gasteiger partial charge in [-0.25, -0.2) is 4.98 Å². The number of aromatic hydroxyl groups is 1. The second-order valence-corrected chi connectivity index (χ2v) is 5.16. The first-order chi connectivity index (χ1) is 10.8. The van der Waals surface area contributed by atoms with Gasteiger partial charge in [0.1, 0.15) is 6.29 Å². The number of aromatic amines is 1. The first kappa shape index (κ1) is 12.6. The van der Waals surface area contributed by atoms with Crippen molar-refractivity contribution in [3.8, 4) is 17.1 Å². The maximum Gasteiger partial charge on any atom is 0.199 e. The molecule has 4 rings (SSSR count). The van der Waals surface area contributed by atoms with Gasteiger partial charge in [-0.3, -0.25) is 4.79 Å². The molecule has 0 unspecified atom stereocenters. The van der Waals surface area contributed by atoms with Crippen LogP contribution in [0, 0.1) is 0 Å². The Morgan fingerprint density at radius 1 is 1.05 bits per heavy atom. The highest BCUT2D eigenvalue weighted by molar-refractivity contribution is 5.99. The normalized spacial score (nSPS) is 11.1. The molecule has 0 bridgehead atoms. The summed E-state index contributed by atoms with van der Waals surface area (Å²) in [6, 6.07) is 16.8. The Labute approximate surface area is 126 Å². The average molecular weight is 288 g/mol. The van der Waals surface area contributed by atoms with Crippen LogP contribution in [0.25, 0.3) is 33.1 Å². The van der Waals surface area contributed by atoms with Crippen molar-refractivity contribution in [3.63, 3.8) is 0 Å². The van der Waals surface area contributed by atoms with Gasteiger partial charge < -0.3 is 10.1 Å². The molecule has 0 fully saturated rings. The predicted octanol–water partition coefficient (Wildman–Crippen LogP) is 3.90. The lowest BCUT2D eigenvalue weighted by Crippen LogP contribution is -1.87. The van der Waals surface area contributed by atoms with Crippen molar-refractivity contribution in [2.24, 2.45) is 0 Å². The van der Waals surface area contributed by atoms with E-state index < -0.39 is 0 Å². The molecule has 2 aromatic heterocycles. The van der Waals surface area contributed by atoms with Gasteiger partial charge in [-0.15, -0.1) is 0 Å². The van der Waals surface area contributed by atoms with Gasteiger partial charge in [0, 0.05) is 21.9 Å². The molecule has 0 amide bonds. The Hall–Kier alpha value is -3.14. The molecule has 2 N–H and O–H groups in total. The van der Waals surface area contributed by atoms with Gasteiger partial charge in [0.2, 0.25) is 0 Å². The van der Waals surface area contributed by atoms with Crippen molar-refractivity contribution in [3.05, 3.63) is 60.2 Å². The van der Waals surface area contributed by atoms with E-state index in [2.05, 4.69) is 9.97 Å². The summed E-state index contributed by atoms with van der Waals surface area (Å²) in [6.07, 6.45) is 0.818. The topological polar surface area (TPSA) is 66.0 Å². The van der Waals surface area contributed by atoms with E-state index in [-0.39, 0.29) is 5.88 Å². The van der Waals surface area contributed by atoms with E-state index >= 15 is 0 Å². The third-order valence-corrected chi connectivity index (χ3v) is 3.79. The second-order valence-electron chi connectivity index (χ2n) is 5.16.